The second-order valence-corrected chi connectivity index (χ2v) is 6.06. The van der Waals surface area contributed by atoms with Crippen molar-refractivity contribution in [1.82, 2.24) is 10.3 Å². The zero-order valence-corrected chi connectivity index (χ0v) is 16.2. The number of guanidine groups is 1. The number of nitrogens with zero attached hydrogens (tertiary/aromatic N) is 3. The lowest BCUT2D eigenvalue weighted by Gasteiger charge is -2.12. The molecule has 10 heteroatoms. The Balaban J connectivity index is 1.67. The molecule has 0 spiro atoms. The molecule has 0 atom stereocenters. The second kappa shape index (κ2) is 12.9. The molecule has 0 fully saturated rings. The summed E-state index contributed by atoms with van der Waals surface area (Å²) in [6.07, 6.45) is 8.28. The second-order valence-electron chi connectivity index (χ2n) is 6.06. The van der Waals surface area contributed by atoms with Gasteiger partial charge in [0.1, 0.15) is 5.82 Å². The van der Waals surface area contributed by atoms with Crippen molar-refractivity contribution in [2.24, 2.45) is 4.99 Å². The number of alkyl halides is 2. The van der Waals surface area contributed by atoms with Crippen LogP contribution in [-0.4, -0.2) is 30.7 Å². The van der Waals surface area contributed by atoms with Gasteiger partial charge in [-0.25, -0.2) is 4.39 Å². The number of unbranched alkanes of at least 4 members (excludes halogenated alkanes) is 3. The van der Waals surface area contributed by atoms with Crippen LogP contribution in [0.5, 0.6) is 11.5 Å². The summed E-state index contributed by atoms with van der Waals surface area (Å²) >= 11 is 0. The van der Waals surface area contributed by atoms with Crippen molar-refractivity contribution in [2.75, 3.05) is 18.5 Å². The molecule has 1 aromatic carbocycles. The topological polar surface area (TPSA) is 91.6 Å². The number of aromatic nitrogens is 1. The van der Waals surface area contributed by atoms with Crippen molar-refractivity contribution in [3.63, 3.8) is 0 Å². The van der Waals surface area contributed by atoms with Crippen LogP contribution in [0, 0.1) is 17.3 Å². The first-order chi connectivity index (χ1) is 14.6. The van der Waals surface area contributed by atoms with E-state index in [2.05, 4.69) is 25.3 Å². The molecule has 2 aromatic rings. The molecule has 1 aromatic heterocycles. The number of halogens is 3. The maximum atomic E-state index is 13.2. The van der Waals surface area contributed by atoms with Crippen LogP contribution in [0.25, 0.3) is 0 Å². The third-order valence-corrected chi connectivity index (χ3v) is 3.82. The van der Waals surface area contributed by atoms with Crippen molar-refractivity contribution >= 4 is 11.6 Å². The van der Waals surface area contributed by atoms with E-state index in [1.165, 1.54) is 6.07 Å². The van der Waals surface area contributed by atoms with Gasteiger partial charge in [0.15, 0.2) is 17.7 Å². The number of rotatable bonds is 11. The van der Waals surface area contributed by atoms with Gasteiger partial charge in [0, 0.05) is 30.7 Å². The van der Waals surface area contributed by atoms with E-state index < -0.39 is 12.4 Å². The Labute approximate surface area is 172 Å². The molecule has 0 aliphatic rings. The number of aliphatic imine (C=N–C) groups is 1. The van der Waals surface area contributed by atoms with Crippen LogP contribution in [0.15, 0.2) is 47.7 Å². The lowest BCUT2D eigenvalue weighted by atomic mass is 10.2. The molecule has 30 heavy (non-hydrogen) atoms. The molecule has 0 bridgehead atoms. The van der Waals surface area contributed by atoms with E-state index in [0.717, 1.165) is 37.1 Å². The van der Waals surface area contributed by atoms with Gasteiger partial charge in [0.05, 0.1) is 6.61 Å². The summed E-state index contributed by atoms with van der Waals surface area (Å²) < 4.78 is 47.6. The first-order valence-electron chi connectivity index (χ1n) is 9.32. The monoisotopic (exact) mass is 421 g/mol. The summed E-state index contributed by atoms with van der Waals surface area (Å²) in [5.41, 5.74) is 0.764. The summed E-state index contributed by atoms with van der Waals surface area (Å²) in [6.45, 7) is -2.24. The molecule has 0 saturated heterocycles. The van der Waals surface area contributed by atoms with Gasteiger partial charge >= 0.3 is 6.61 Å². The Bertz CT molecular complexity index is 844. The number of nitriles is 1. The molecule has 0 amide bonds. The van der Waals surface area contributed by atoms with Gasteiger partial charge in [-0.15, -0.1) is 0 Å². The lowest BCUT2D eigenvalue weighted by Crippen LogP contribution is -2.27. The van der Waals surface area contributed by atoms with E-state index >= 15 is 0 Å². The van der Waals surface area contributed by atoms with E-state index in [4.69, 9.17) is 10.00 Å². The van der Waals surface area contributed by atoms with Crippen LogP contribution in [0.2, 0.25) is 0 Å². The molecule has 2 N–H and O–H groups in total. The molecule has 0 saturated carbocycles. The predicted octanol–water partition coefficient (Wildman–Crippen LogP) is 4.30. The minimum Gasteiger partial charge on any atom is -0.490 e. The van der Waals surface area contributed by atoms with E-state index in [1.54, 1.807) is 24.5 Å². The van der Waals surface area contributed by atoms with Crippen molar-refractivity contribution in [3.8, 4) is 17.7 Å². The number of pyridine rings is 1. The largest absolute Gasteiger partial charge is 0.490 e. The fourth-order valence-electron chi connectivity index (χ4n) is 2.46. The fourth-order valence-corrected chi connectivity index (χ4v) is 2.46. The molecule has 0 radical (unpaired) electrons. The summed E-state index contributed by atoms with van der Waals surface area (Å²) in [7, 11) is 0. The number of anilines is 1. The Kier molecular flexibility index (Phi) is 9.79. The van der Waals surface area contributed by atoms with Gasteiger partial charge in [0.25, 0.3) is 0 Å². The van der Waals surface area contributed by atoms with E-state index in [9.17, 15) is 13.2 Å². The summed E-state index contributed by atoms with van der Waals surface area (Å²) in [5.74, 6) is -0.564. The minimum atomic E-state index is -3.05. The van der Waals surface area contributed by atoms with Crippen LogP contribution in [0.4, 0.5) is 18.9 Å². The van der Waals surface area contributed by atoms with Gasteiger partial charge < -0.3 is 14.8 Å². The SMILES string of the molecule is N#CNC(=NCCCCCCOc1ccc(F)cc1OC(F)F)Nc1ccncc1. The quantitative estimate of drug-likeness (QED) is 0.185. The van der Waals surface area contributed by atoms with Crippen LogP contribution in [-0.2, 0) is 0 Å². The van der Waals surface area contributed by atoms with Gasteiger partial charge in [-0.3, -0.25) is 15.3 Å². The Morgan fingerprint density at radius 1 is 1.10 bits per heavy atom. The van der Waals surface area contributed by atoms with E-state index in [1.807, 2.05) is 6.19 Å². The molecule has 0 unspecified atom stereocenters. The molecular weight excluding hydrogens is 399 g/mol. The highest BCUT2D eigenvalue weighted by molar-refractivity contribution is 5.94. The summed E-state index contributed by atoms with van der Waals surface area (Å²) in [4.78, 5) is 8.24. The minimum absolute atomic E-state index is 0.0794. The Morgan fingerprint density at radius 2 is 1.87 bits per heavy atom. The normalized spacial score (nSPS) is 11.1. The maximum absolute atomic E-state index is 13.2. The van der Waals surface area contributed by atoms with Gasteiger partial charge in [0.2, 0.25) is 5.96 Å². The average molecular weight is 421 g/mol. The van der Waals surface area contributed by atoms with E-state index in [-0.39, 0.29) is 11.5 Å². The standard InChI is InChI=1S/C20H22F3N5O2/c21-15-5-6-17(18(13-15)30-19(22)23)29-12-4-2-1-3-9-26-20(27-14-24)28-16-7-10-25-11-8-16/h5-8,10-11,13,19H,1-4,9,12H2,(H2,25,26,27,28). The van der Waals surface area contributed by atoms with Crippen molar-refractivity contribution in [2.45, 2.75) is 32.3 Å². The highest BCUT2D eigenvalue weighted by Crippen LogP contribution is 2.29. The third kappa shape index (κ3) is 8.68. The molecule has 160 valence electrons. The maximum Gasteiger partial charge on any atom is 0.387 e. The number of hydrogen-bond acceptors (Lipinski definition) is 5. The molecule has 0 aliphatic heterocycles. The van der Waals surface area contributed by atoms with Crippen LogP contribution in [0.3, 0.4) is 0 Å². The summed E-state index contributed by atoms with van der Waals surface area (Å²) in [5, 5.41) is 14.3. The smallest absolute Gasteiger partial charge is 0.387 e. The zero-order valence-electron chi connectivity index (χ0n) is 16.2. The fraction of sp³-hybridized carbons (Fsp3) is 0.350. The summed E-state index contributed by atoms with van der Waals surface area (Å²) in [6, 6.07) is 6.77. The van der Waals surface area contributed by atoms with Gasteiger partial charge in [-0.2, -0.15) is 14.0 Å². The Morgan fingerprint density at radius 3 is 2.60 bits per heavy atom. The third-order valence-electron chi connectivity index (χ3n) is 3.82. The molecule has 2 rings (SSSR count). The number of ether oxygens (including phenoxy) is 2. The predicted molar refractivity (Wildman–Crippen MR) is 106 cm³/mol. The first-order valence-corrected chi connectivity index (χ1v) is 9.32. The van der Waals surface area contributed by atoms with E-state index in [0.29, 0.717) is 25.5 Å². The number of benzene rings is 1. The van der Waals surface area contributed by atoms with Crippen LogP contribution >= 0.6 is 0 Å². The van der Waals surface area contributed by atoms with Gasteiger partial charge in [-0.05, 0) is 43.5 Å². The molecule has 0 aliphatic carbocycles. The van der Waals surface area contributed by atoms with Crippen LogP contribution < -0.4 is 20.1 Å². The van der Waals surface area contributed by atoms with Crippen molar-refractivity contribution in [3.05, 3.63) is 48.5 Å². The number of nitrogens with one attached hydrogen (secondary N) is 2. The number of hydrogen-bond donors (Lipinski definition) is 2. The highest BCUT2D eigenvalue weighted by Gasteiger charge is 2.12. The molecular formula is C20H22F3N5O2. The van der Waals surface area contributed by atoms with Crippen molar-refractivity contribution < 1.29 is 22.6 Å². The highest BCUT2D eigenvalue weighted by atomic mass is 19.3. The first kappa shape index (κ1) is 22.8. The average Bonchev–Trinajstić information content (AvgIpc) is 2.71. The molecule has 1 heterocycles. The Hall–Kier alpha value is -3.48. The van der Waals surface area contributed by atoms with Gasteiger partial charge in [-0.1, -0.05) is 6.42 Å². The van der Waals surface area contributed by atoms with Crippen molar-refractivity contribution in [1.29, 1.82) is 5.26 Å². The van der Waals surface area contributed by atoms with Crippen LogP contribution in [0.1, 0.15) is 25.7 Å². The lowest BCUT2D eigenvalue weighted by molar-refractivity contribution is -0.0516. The zero-order chi connectivity index (χ0) is 21.6. The molecule has 7 nitrogen and oxygen atoms in total.